The van der Waals surface area contributed by atoms with Crippen molar-refractivity contribution >= 4 is 24.0 Å². The fourth-order valence-electron chi connectivity index (χ4n) is 3.04. The minimum atomic E-state index is -0.450. The molecule has 8 nitrogen and oxygen atoms in total. The summed E-state index contributed by atoms with van der Waals surface area (Å²) >= 11 is 0. The van der Waals surface area contributed by atoms with E-state index in [1.165, 1.54) is 12.1 Å². The molecular formula is C17H22ClN5O3. The minimum Gasteiger partial charge on any atom is -0.352 e. The second kappa shape index (κ2) is 8.77. The molecule has 0 aliphatic carbocycles. The van der Waals surface area contributed by atoms with Gasteiger partial charge in [-0.15, -0.1) is 12.4 Å². The lowest BCUT2D eigenvalue weighted by Crippen LogP contribution is -2.38. The lowest BCUT2D eigenvalue weighted by molar-refractivity contribution is -0.384. The van der Waals surface area contributed by atoms with E-state index >= 15 is 0 Å². The molecule has 0 spiro atoms. The van der Waals surface area contributed by atoms with Gasteiger partial charge in [-0.1, -0.05) is 0 Å². The van der Waals surface area contributed by atoms with Crippen molar-refractivity contribution in [2.75, 3.05) is 19.6 Å². The first-order chi connectivity index (χ1) is 12.0. The van der Waals surface area contributed by atoms with E-state index in [0.29, 0.717) is 29.3 Å². The molecule has 1 unspecified atom stereocenters. The third kappa shape index (κ3) is 4.59. The Labute approximate surface area is 157 Å². The van der Waals surface area contributed by atoms with Gasteiger partial charge >= 0.3 is 0 Å². The van der Waals surface area contributed by atoms with Crippen LogP contribution in [-0.2, 0) is 7.05 Å². The zero-order valence-electron chi connectivity index (χ0n) is 14.5. The van der Waals surface area contributed by atoms with E-state index in [1.807, 2.05) is 0 Å². The second-order valence-electron chi connectivity index (χ2n) is 6.29. The molecule has 2 heterocycles. The highest BCUT2D eigenvalue weighted by Crippen LogP contribution is 2.24. The lowest BCUT2D eigenvalue weighted by atomic mass is 9.99. The van der Waals surface area contributed by atoms with Crippen molar-refractivity contribution in [3.63, 3.8) is 0 Å². The average Bonchev–Trinajstić information content (AvgIpc) is 3.02. The average molecular weight is 380 g/mol. The number of aryl methyl sites for hydroxylation is 1. The number of benzene rings is 1. The van der Waals surface area contributed by atoms with Crippen LogP contribution < -0.4 is 10.6 Å². The Bertz CT molecular complexity index is 769. The van der Waals surface area contributed by atoms with E-state index in [0.717, 1.165) is 25.9 Å². The number of halogens is 1. The maximum absolute atomic E-state index is 12.6. The van der Waals surface area contributed by atoms with Crippen LogP contribution in [0.3, 0.4) is 0 Å². The van der Waals surface area contributed by atoms with Gasteiger partial charge in [-0.2, -0.15) is 5.10 Å². The van der Waals surface area contributed by atoms with Crippen LogP contribution in [0.25, 0.3) is 11.3 Å². The zero-order chi connectivity index (χ0) is 17.8. The van der Waals surface area contributed by atoms with E-state index in [4.69, 9.17) is 0 Å². The van der Waals surface area contributed by atoms with E-state index < -0.39 is 4.92 Å². The van der Waals surface area contributed by atoms with Crippen molar-refractivity contribution in [1.82, 2.24) is 20.4 Å². The highest BCUT2D eigenvalue weighted by atomic mass is 35.5. The fraction of sp³-hybridized carbons (Fsp3) is 0.412. The molecule has 3 rings (SSSR count). The van der Waals surface area contributed by atoms with Gasteiger partial charge < -0.3 is 10.6 Å². The van der Waals surface area contributed by atoms with E-state index in [9.17, 15) is 14.9 Å². The summed E-state index contributed by atoms with van der Waals surface area (Å²) in [5, 5.41) is 21.4. The normalized spacial score (nSPS) is 16.6. The quantitative estimate of drug-likeness (QED) is 0.612. The van der Waals surface area contributed by atoms with Gasteiger partial charge in [0.1, 0.15) is 5.69 Å². The molecule has 1 atom stereocenters. The number of nitrogens with zero attached hydrogens (tertiary/aromatic N) is 3. The molecule has 1 aromatic carbocycles. The largest absolute Gasteiger partial charge is 0.352 e. The number of nitro groups is 1. The summed E-state index contributed by atoms with van der Waals surface area (Å²) in [6.07, 6.45) is 3.90. The molecule has 1 aliphatic rings. The van der Waals surface area contributed by atoms with Crippen LogP contribution in [0.2, 0.25) is 0 Å². The highest BCUT2D eigenvalue weighted by Gasteiger charge is 2.20. The number of piperidine rings is 1. The number of carbonyl (C=O) groups is 1. The predicted octanol–water partition coefficient (Wildman–Crippen LogP) is 2.15. The molecule has 0 radical (unpaired) electrons. The van der Waals surface area contributed by atoms with Gasteiger partial charge in [0, 0.05) is 37.5 Å². The number of rotatable bonds is 5. The first kappa shape index (κ1) is 19.9. The number of carbonyl (C=O) groups excluding carboxylic acids is 1. The number of amides is 1. The van der Waals surface area contributed by atoms with Crippen LogP contribution in [-0.4, -0.2) is 40.2 Å². The SMILES string of the molecule is Cl.Cn1cc(C(=O)NCC2CCCNC2)c(-c2ccc([N+](=O)[O-])cc2)n1. The van der Waals surface area contributed by atoms with Crippen LogP contribution in [0, 0.1) is 16.0 Å². The Morgan fingerprint density at radius 1 is 1.42 bits per heavy atom. The van der Waals surface area contributed by atoms with Crippen molar-refractivity contribution in [3.8, 4) is 11.3 Å². The molecule has 1 aromatic heterocycles. The number of aromatic nitrogens is 2. The van der Waals surface area contributed by atoms with Crippen molar-refractivity contribution in [3.05, 3.63) is 46.1 Å². The number of hydrogen-bond acceptors (Lipinski definition) is 5. The third-order valence-corrected chi connectivity index (χ3v) is 4.38. The Morgan fingerprint density at radius 3 is 2.77 bits per heavy atom. The summed E-state index contributed by atoms with van der Waals surface area (Å²) < 4.78 is 1.58. The van der Waals surface area contributed by atoms with E-state index in [2.05, 4.69) is 15.7 Å². The van der Waals surface area contributed by atoms with Gasteiger partial charge in [0.05, 0.1) is 10.5 Å². The molecule has 1 fully saturated rings. The number of nitrogens with one attached hydrogen (secondary N) is 2. The monoisotopic (exact) mass is 379 g/mol. The summed E-state index contributed by atoms with van der Waals surface area (Å²) in [4.78, 5) is 22.9. The molecule has 26 heavy (non-hydrogen) atoms. The first-order valence-electron chi connectivity index (χ1n) is 8.32. The predicted molar refractivity (Wildman–Crippen MR) is 100 cm³/mol. The van der Waals surface area contributed by atoms with Crippen molar-refractivity contribution in [2.45, 2.75) is 12.8 Å². The fourth-order valence-corrected chi connectivity index (χ4v) is 3.04. The number of nitro benzene ring substituents is 1. The zero-order valence-corrected chi connectivity index (χ0v) is 15.3. The van der Waals surface area contributed by atoms with Crippen molar-refractivity contribution in [2.24, 2.45) is 13.0 Å². The molecule has 1 aliphatic heterocycles. The molecule has 1 amide bonds. The molecule has 140 valence electrons. The van der Waals surface area contributed by atoms with Crippen LogP contribution in [0.15, 0.2) is 30.5 Å². The smallest absolute Gasteiger partial charge is 0.269 e. The minimum absolute atomic E-state index is 0. The van der Waals surface area contributed by atoms with Crippen molar-refractivity contribution < 1.29 is 9.72 Å². The summed E-state index contributed by atoms with van der Waals surface area (Å²) in [7, 11) is 1.75. The first-order valence-corrected chi connectivity index (χ1v) is 8.32. The van der Waals surface area contributed by atoms with Gasteiger partial charge in [0.2, 0.25) is 0 Å². The van der Waals surface area contributed by atoms with Gasteiger partial charge in [-0.3, -0.25) is 19.6 Å². The van der Waals surface area contributed by atoms with Gasteiger partial charge in [0.25, 0.3) is 11.6 Å². The van der Waals surface area contributed by atoms with Crippen LogP contribution in [0.5, 0.6) is 0 Å². The standard InChI is InChI=1S/C17H21N5O3.ClH/c1-21-11-15(17(23)19-10-12-3-2-8-18-9-12)16(20-21)13-4-6-14(7-5-13)22(24)25;/h4-7,11-12,18H,2-3,8-10H2,1H3,(H,19,23);1H. The summed E-state index contributed by atoms with van der Waals surface area (Å²) in [5.41, 5.74) is 1.68. The molecule has 1 saturated heterocycles. The third-order valence-electron chi connectivity index (χ3n) is 4.38. The van der Waals surface area contributed by atoms with Crippen molar-refractivity contribution in [1.29, 1.82) is 0 Å². The highest BCUT2D eigenvalue weighted by molar-refractivity contribution is 5.99. The van der Waals surface area contributed by atoms with Crippen LogP contribution in [0.4, 0.5) is 5.69 Å². The Balaban J connectivity index is 0.00000243. The van der Waals surface area contributed by atoms with E-state index in [-0.39, 0.29) is 24.0 Å². The van der Waals surface area contributed by atoms with Gasteiger partial charge in [0.15, 0.2) is 0 Å². The summed E-state index contributed by atoms with van der Waals surface area (Å²) in [6, 6.07) is 6.06. The van der Waals surface area contributed by atoms with Gasteiger partial charge in [-0.05, 0) is 44.0 Å². The number of non-ortho nitro benzene ring substituents is 1. The molecule has 0 bridgehead atoms. The Hall–Kier alpha value is -2.45. The van der Waals surface area contributed by atoms with Gasteiger partial charge in [-0.25, -0.2) is 0 Å². The topological polar surface area (TPSA) is 102 Å². The maximum Gasteiger partial charge on any atom is 0.269 e. The molecule has 0 saturated carbocycles. The molecule has 9 heteroatoms. The second-order valence-corrected chi connectivity index (χ2v) is 6.29. The Kier molecular flexibility index (Phi) is 6.70. The molecule has 2 N–H and O–H groups in total. The number of hydrogen-bond donors (Lipinski definition) is 2. The molecular weight excluding hydrogens is 358 g/mol. The maximum atomic E-state index is 12.6. The van der Waals surface area contributed by atoms with Crippen LogP contribution >= 0.6 is 12.4 Å². The summed E-state index contributed by atoms with van der Waals surface area (Å²) in [5.74, 6) is 0.268. The molecule has 2 aromatic rings. The Morgan fingerprint density at radius 2 is 2.15 bits per heavy atom. The lowest BCUT2D eigenvalue weighted by Gasteiger charge is -2.22. The van der Waals surface area contributed by atoms with Crippen LogP contribution in [0.1, 0.15) is 23.2 Å². The van der Waals surface area contributed by atoms with E-state index in [1.54, 1.807) is 30.1 Å². The summed E-state index contributed by atoms with van der Waals surface area (Å²) in [6.45, 7) is 2.58.